The zero-order valence-corrected chi connectivity index (χ0v) is 14.1. The molecule has 0 amide bonds. The van der Waals surface area contributed by atoms with Gasteiger partial charge in [-0.25, -0.2) is 8.42 Å². The number of methoxy groups -OCH3 is 1. The molecule has 24 heavy (non-hydrogen) atoms. The Hall–Kier alpha value is -2.67. The summed E-state index contributed by atoms with van der Waals surface area (Å²) in [6.07, 6.45) is 1.70. The van der Waals surface area contributed by atoms with Crippen molar-refractivity contribution in [1.29, 1.82) is 0 Å². The fourth-order valence-electron chi connectivity index (χ4n) is 2.21. The van der Waals surface area contributed by atoms with Gasteiger partial charge in [-0.1, -0.05) is 17.3 Å². The maximum atomic E-state index is 11.5. The van der Waals surface area contributed by atoms with E-state index in [1.807, 2.05) is 24.3 Å². The van der Waals surface area contributed by atoms with Crippen LogP contribution in [0.1, 0.15) is 11.4 Å². The average Bonchev–Trinajstić information content (AvgIpc) is 3.03. The molecule has 0 unspecified atom stereocenters. The second-order valence-electron chi connectivity index (χ2n) is 5.34. The lowest BCUT2D eigenvalue weighted by atomic mass is 10.1. The van der Waals surface area contributed by atoms with Gasteiger partial charge in [0.15, 0.2) is 15.7 Å². The standard InChI is InChI=1S/C17H16N2O4S/c1-22-14-7-3-12(4-8-14)11-16-18-17(23-19-16)13-5-9-15(10-6-13)24(2,20)21/h3-10H,11H2,1-2H3. The zero-order valence-electron chi connectivity index (χ0n) is 13.3. The van der Waals surface area contributed by atoms with Crippen LogP contribution in [-0.2, 0) is 16.3 Å². The van der Waals surface area contributed by atoms with E-state index in [1.54, 1.807) is 19.2 Å². The molecule has 0 bridgehead atoms. The predicted molar refractivity (Wildman–Crippen MR) is 88.6 cm³/mol. The summed E-state index contributed by atoms with van der Waals surface area (Å²) < 4.78 is 33.3. The van der Waals surface area contributed by atoms with Gasteiger partial charge in [-0.05, 0) is 42.0 Å². The summed E-state index contributed by atoms with van der Waals surface area (Å²) in [6.45, 7) is 0. The maximum absolute atomic E-state index is 11.5. The predicted octanol–water partition coefficient (Wildman–Crippen LogP) is 2.74. The van der Waals surface area contributed by atoms with Gasteiger partial charge in [0, 0.05) is 18.2 Å². The Morgan fingerprint density at radius 3 is 2.29 bits per heavy atom. The van der Waals surface area contributed by atoms with E-state index in [2.05, 4.69) is 10.1 Å². The molecule has 0 atom stereocenters. The molecule has 0 spiro atoms. The van der Waals surface area contributed by atoms with Crippen LogP contribution in [0.4, 0.5) is 0 Å². The minimum absolute atomic E-state index is 0.254. The highest BCUT2D eigenvalue weighted by Crippen LogP contribution is 2.21. The highest BCUT2D eigenvalue weighted by Gasteiger charge is 2.12. The van der Waals surface area contributed by atoms with Crippen molar-refractivity contribution < 1.29 is 17.7 Å². The number of rotatable bonds is 5. The Kier molecular flexibility index (Phi) is 4.35. The quantitative estimate of drug-likeness (QED) is 0.708. The topological polar surface area (TPSA) is 82.3 Å². The van der Waals surface area contributed by atoms with Gasteiger partial charge in [0.1, 0.15) is 5.75 Å². The van der Waals surface area contributed by atoms with E-state index in [0.29, 0.717) is 23.7 Å². The van der Waals surface area contributed by atoms with E-state index in [9.17, 15) is 8.42 Å². The molecule has 1 aromatic heterocycles. The Morgan fingerprint density at radius 2 is 1.71 bits per heavy atom. The molecule has 3 rings (SSSR count). The van der Waals surface area contributed by atoms with Crippen molar-refractivity contribution in [2.24, 2.45) is 0 Å². The second kappa shape index (κ2) is 6.45. The molecule has 3 aromatic rings. The molecule has 1 heterocycles. The van der Waals surface area contributed by atoms with Crippen molar-refractivity contribution in [2.45, 2.75) is 11.3 Å². The number of hydrogen-bond donors (Lipinski definition) is 0. The fraction of sp³-hybridized carbons (Fsp3) is 0.176. The third-order valence-electron chi connectivity index (χ3n) is 3.52. The average molecular weight is 344 g/mol. The van der Waals surface area contributed by atoms with Crippen LogP contribution in [0.15, 0.2) is 57.9 Å². The Morgan fingerprint density at radius 1 is 1.04 bits per heavy atom. The molecular weight excluding hydrogens is 328 g/mol. The number of hydrogen-bond acceptors (Lipinski definition) is 6. The molecule has 124 valence electrons. The first-order valence-corrected chi connectivity index (χ1v) is 9.11. The van der Waals surface area contributed by atoms with Gasteiger partial charge in [0.25, 0.3) is 5.89 Å². The third-order valence-corrected chi connectivity index (χ3v) is 4.65. The Balaban J connectivity index is 1.77. The van der Waals surface area contributed by atoms with Gasteiger partial charge >= 0.3 is 0 Å². The molecule has 0 fully saturated rings. The third kappa shape index (κ3) is 3.62. The number of ether oxygens (including phenoxy) is 1. The fourth-order valence-corrected chi connectivity index (χ4v) is 2.84. The van der Waals surface area contributed by atoms with Crippen molar-refractivity contribution >= 4 is 9.84 Å². The molecule has 0 aliphatic rings. The van der Waals surface area contributed by atoms with Crippen LogP contribution < -0.4 is 4.74 Å². The maximum Gasteiger partial charge on any atom is 0.257 e. The van der Waals surface area contributed by atoms with Crippen LogP contribution in [0.3, 0.4) is 0 Å². The normalized spacial score (nSPS) is 11.4. The van der Waals surface area contributed by atoms with Crippen LogP contribution in [0, 0.1) is 0 Å². The van der Waals surface area contributed by atoms with Crippen molar-refractivity contribution in [1.82, 2.24) is 10.1 Å². The molecule has 0 radical (unpaired) electrons. The van der Waals surface area contributed by atoms with Gasteiger partial charge in [-0.2, -0.15) is 4.98 Å². The lowest BCUT2D eigenvalue weighted by Gasteiger charge is -2.00. The van der Waals surface area contributed by atoms with Crippen molar-refractivity contribution in [2.75, 3.05) is 13.4 Å². The SMILES string of the molecule is COc1ccc(Cc2noc(-c3ccc(S(C)(=O)=O)cc3)n2)cc1. The molecule has 0 saturated heterocycles. The summed E-state index contributed by atoms with van der Waals surface area (Å²) in [5, 5.41) is 3.97. The number of aromatic nitrogens is 2. The van der Waals surface area contributed by atoms with E-state index in [-0.39, 0.29) is 4.90 Å². The summed E-state index contributed by atoms with van der Waals surface area (Å²) >= 11 is 0. The van der Waals surface area contributed by atoms with E-state index in [1.165, 1.54) is 18.4 Å². The first kappa shape index (κ1) is 16.2. The molecular formula is C17H16N2O4S. The smallest absolute Gasteiger partial charge is 0.257 e. The molecule has 0 aliphatic carbocycles. The molecule has 7 heteroatoms. The molecule has 2 aromatic carbocycles. The van der Waals surface area contributed by atoms with Crippen LogP contribution >= 0.6 is 0 Å². The van der Waals surface area contributed by atoms with Crippen LogP contribution in [0.2, 0.25) is 0 Å². The molecule has 0 N–H and O–H groups in total. The van der Waals surface area contributed by atoms with Crippen molar-refractivity contribution in [3.8, 4) is 17.2 Å². The first-order chi connectivity index (χ1) is 11.5. The number of sulfone groups is 1. The zero-order chi connectivity index (χ0) is 17.2. The number of benzene rings is 2. The van der Waals surface area contributed by atoms with Crippen molar-refractivity contribution in [3.63, 3.8) is 0 Å². The highest BCUT2D eigenvalue weighted by atomic mass is 32.2. The largest absolute Gasteiger partial charge is 0.497 e. The van der Waals surface area contributed by atoms with Crippen LogP contribution in [0.5, 0.6) is 5.75 Å². The Labute approximate surface area is 140 Å². The number of nitrogens with zero attached hydrogens (tertiary/aromatic N) is 2. The Bertz CT molecular complexity index is 929. The minimum Gasteiger partial charge on any atom is -0.497 e. The summed E-state index contributed by atoms with van der Waals surface area (Å²) in [5.74, 6) is 1.71. The highest BCUT2D eigenvalue weighted by molar-refractivity contribution is 7.90. The van der Waals surface area contributed by atoms with Crippen LogP contribution in [0.25, 0.3) is 11.5 Å². The van der Waals surface area contributed by atoms with Gasteiger partial charge in [-0.15, -0.1) is 0 Å². The first-order valence-electron chi connectivity index (χ1n) is 7.22. The summed E-state index contributed by atoms with van der Waals surface area (Å²) in [6, 6.07) is 14.0. The van der Waals surface area contributed by atoms with Crippen molar-refractivity contribution in [3.05, 3.63) is 59.9 Å². The van der Waals surface area contributed by atoms with Gasteiger partial charge in [0.05, 0.1) is 12.0 Å². The minimum atomic E-state index is -3.22. The molecule has 0 saturated carbocycles. The van der Waals surface area contributed by atoms with E-state index in [4.69, 9.17) is 9.26 Å². The second-order valence-corrected chi connectivity index (χ2v) is 7.35. The summed E-state index contributed by atoms with van der Waals surface area (Å²) in [7, 11) is -1.60. The van der Waals surface area contributed by atoms with E-state index >= 15 is 0 Å². The van der Waals surface area contributed by atoms with E-state index < -0.39 is 9.84 Å². The molecule has 6 nitrogen and oxygen atoms in total. The lowest BCUT2D eigenvalue weighted by molar-refractivity contribution is 0.414. The lowest BCUT2D eigenvalue weighted by Crippen LogP contribution is -1.96. The van der Waals surface area contributed by atoms with Gasteiger partial charge in [-0.3, -0.25) is 0 Å². The molecule has 0 aliphatic heterocycles. The van der Waals surface area contributed by atoms with Crippen LogP contribution in [-0.4, -0.2) is 31.9 Å². The summed E-state index contributed by atoms with van der Waals surface area (Å²) in [5.41, 5.74) is 1.71. The van der Waals surface area contributed by atoms with Gasteiger partial charge < -0.3 is 9.26 Å². The monoisotopic (exact) mass is 344 g/mol. The summed E-state index contributed by atoms with van der Waals surface area (Å²) in [4.78, 5) is 4.61. The van der Waals surface area contributed by atoms with Gasteiger partial charge in [0.2, 0.25) is 0 Å². The van der Waals surface area contributed by atoms with E-state index in [0.717, 1.165) is 11.3 Å².